The van der Waals surface area contributed by atoms with Gasteiger partial charge in [-0.05, 0) is 37.5 Å². The molecule has 94 valence electrons. The van der Waals surface area contributed by atoms with E-state index in [1.165, 1.54) is 0 Å². The molecule has 0 heterocycles. The van der Waals surface area contributed by atoms with Crippen LogP contribution in [0.4, 0.5) is 0 Å². The molecular formula is C13H17BrClNO. The zero-order valence-corrected chi connectivity index (χ0v) is 12.4. The van der Waals surface area contributed by atoms with Crippen molar-refractivity contribution < 1.29 is 4.79 Å². The summed E-state index contributed by atoms with van der Waals surface area (Å²) in [5, 5.41) is 3.50. The van der Waals surface area contributed by atoms with Gasteiger partial charge in [0.2, 0.25) is 0 Å². The molecule has 1 rings (SSSR count). The molecule has 1 aromatic rings. The van der Waals surface area contributed by atoms with E-state index in [0.29, 0.717) is 22.0 Å². The van der Waals surface area contributed by atoms with Gasteiger partial charge >= 0.3 is 0 Å². The number of halogens is 2. The Kier molecular flexibility index (Phi) is 6.00. The molecule has 0 bridgehead atoms. The van der Waals surface area contributed by atoms with Crippen LogP contribution in [0.5, 0.6) is 0 Å². The van der Waals surface area contributed by atoms with E-state index < -0.39 is 0 Å². The van der Waals surface area contributed by atoms with Crippen LogP contribution in [0.2, 0.25) is 5.02 Å². The fourth-order valence-electron chi connectivity index (χ4n) is 1.48. The number of aryl methyl sites for hydroxylation is 1. The predicted octanol–water partition coefficient (Wildman–Crippen LogP) is 3.94. The molecule has 4 heteroatoms. The summed E-state index contributed by atoms with van der Waals surface area (Å²) in [5.74, 6) is -0.0548. The highest BCUT2D eigenvalue weighted by Gasteiger charge is 2.09. The van der Waals surface area contributed by atoms with Crippen molar-refractivity contribution in [1.82, 2.24) is 5.32 Å². The number of carbonyl (C=O) groups is 1. The average Bonchev–Trinajstić information content (AvgIpc) is 2.31. The number of hydrogen-bond donors (Lipinski definition) is 1. The van der Waals surface area contributed by atoms with Crippen molar-refractivity contribution in [1.29, 1.82) is 0 Å². The number of carbonyl (C=O) groups excluding carboxylic acids is 1. The van der Waals surface area contributed by atoms with Crippen molar-refractivity contribution in [2.45, 2.75) is 31.5 Å². The second-order valence-electron chi connectivity index (χ2n) is 4.01. The minimum atomic E-state index is -0.0548. The van der Waals surface area contributed by atoms with Gasteiger partial charge in [0.05, 0.1) is 0 Å². The summed E-state index contributed by atoms with van der Waals surface area (Å²) >= 11 is 9.42. The van der Waals surface area contributed by atoms with Crippen molar-refractivity contribution in [3.05, 3.63) is 34.3 Å². The molecule has 1 atom stereocenters. The summed E-state index contributed by atoms with van der Waals surface area (Å²) < 4.78 is 0. The summed E-state index contributed by atoms with van der Waals surface area (Å²) in [5.41, 5.74) is 1.60. The Hall–Kier alpha value is -0.540. The number of alkyl halides is 1. The Bertz CT molecular complexity index is 395. The topological polar surface area (TPSA) is 29.1 Å². The Labute approximate surface area is 116 Å². The number of hydrogen-bond acceptors (Lipinski definition) is 1. The van der Waals surface area contributed by atoms with E-state index in [9.17, 15) is 4.79 Å². The molecule has 0 aliphatic carbocycles. The van der Waals surface area contributed by atoms with Gasteiger partial charge in [0.25, 0.3) is 5.91 Å². The highest BCUT2D eigenvalue weighted by atomic mass is 79.9. The summed E-state index contributed by atoms with van der Waals surface area (Å²) in [6.45, 7) is 4.70. The lowest BCUT2D eigenvalue weighted by Crippen LogP contribution is -2.26. The van der Waals surface area contributed by atoms with Gasteiger partial charge in [0, 0.05) is 22.0 Å². The van der Waals surface area contributed by atoms with Crippen molar-refractivity contribution >= 4 is 33.4 Å². The predicted molar refractivity (Wildman–Crippen MR) is 76.1 cm³/mol. The lowest BCUT2D eigenvalue weighted by Gasteiger charge is -2.10. The highest BCUT2D eigenvalue weighted by molar-refractivity contribution is 9.09. The summed E-state index contributed by atoms with van der Waals surface area (Å²) in [4.78, 5) is 12.4. The highest BCUT2D eigenvalue weighted by Crippen LogP contribution is 2.15. The second kappa shape index (κ2) is 7.02. The Morgan fingerprint density at radius 2 is 2.24 bits per heavy atom. The molecule has 0 saturated carbocycles. The molecule has 0 aliphatic rings. The lowest BCUT2D eigenvalue weighted by atomic mass is 10.1. The van der Waals surface area contributed by atoms with E-state index in [1.807, 2.05) is 13.0 Å². The Morgan fingerprint density at radius 3 is 2.88 bits per heavy atom. The maximum absolute atomic E-state index is 11.9. The fourth-order valence-corrected chi connectivity index (χ4v) is 1.88. The van der Waals surface area contributed by atoms with Crippen LogP contribution < -0.4 is 5.32 Å². The van der Waals surface area contributed by atoms with E-state index in [1.54, 1.807) is 12.1 Å². The third kappa shape index (κ3) is 4.68. The number of rotatable bonds is 5. The maximum Gasteiger partial charge on any atom is 0.251 e. The molecule has 0 aromatic heterocycles. The molecule has 1 aromatic carbocycles. The normalized spacial score (nSPS) is 12.2. The first kappa shape index (κ1) is 14.5. The van der Waals surface area contributed by atoms with Crippen LogP contribution in [0.3, 0.4) is 0 Å². The molecule has 0 radical (unpaired) electrons. The zero-order valence-electron chi connectivity index (χ0n) is 10.1. The van der Waals surface area contributed by atoms with Crippen molar-refractivity contribution in [3.63, 3.8) is 0 Å². The lowest BCUT2D eigenvalue weighted by molar-refractivity contribution is 0.0952. The molecule has 17 heavy (non-hydrogen) atoms. The van der Waals surface area contributed by atoms with Crippen LogP contribution in [-0.4, -0.2) is 17.3 Å². The van der Waals surface area contributed by atoms with Crippen LogP contribution in [0.15, 0.2) is 18.2 Å². The summed E-state index contributed by atoms with van der Waals surface area (Å²) in [7, 11) is 0. The zero-order chi connectivity index (χ0) is 12.8. The van der Waals surface area contributed by atoms with E-state index >= 15 is 0 Å². The SMILES string of the molecule is CCC(Br)CCNC(=O)c1cc(Cl)ccc1C. The largest absolute Gasteiger partial charge is 0.352 e. The molecule has 0 aliphatic heterocycles. The number of benzene rings is 1. The van der Waals surface area contributed by atoms with Gasteiger partial charge in [0.15, 0.2) is 0 Å². The van der Waals surface area contributed by atoms with Crippen LogP contribution in [-0.2, 0) is 0 Å². The standard InChI is InChI=1S/C13H17BrClNO/c1-3-10(14)6-7-16-13(17)12-8-11(15)5-4-9(12)2/h4-5,8,10H,3,6-7H2,1-2H3,(H,16,17). The quantitative estimate of drug-likeness (QED) is 0.819. The molecule has 1 unspecified atom stereocenters. The van der Waals surface area contributed by atoms with Gasteiger partial charge in [-0.25, -0.2) is 0 Å². The number of nitrogens with one attached hydrogen (secondary N) is 1. The molecule has 0 spiro atoms. The third-order valence-electron chi connectivity index (χ3n) is 2.63. The minimum absolute atomic E-state index is 0.0548. The first-order valence-electron chi connectivity index (χ1n) is 5.73. The van der Waals surface area contributed by atoms with Crippen LogP contribution in [0.25, 0.3) is 0 Å². The van der Waals surface area contributed by atoms with Gasteiger partial charge in [-0.3, -0.25) is 4.79 Å². The first-order valence-corrected chi connectivity index (χ1v) is 7.02. The van der Waals surface area contributed by atoms with Crippen LogP contribution in [0.1, 0.15) is 35.7 Å². The van der Waals surface area contributed by atoms with Crippen molar-refractivity contribution in [2.24, 2.45) is 0 Å². The van der Waals surface area contributed by atoms with Crippen LogP contribution >= 0.6 is 27.5 Å². The summed E-state index contributed by atoms with van der Waals surface area (Å²) in [6.07, 6.45) is 1.99. The molecule has 0 saturated heterocycles. The van der Waals surface area contributed by atoms with E-state index in [2.05, 4.69) is 28.2 Å². The molecular weight excluding hydrogens is 302 g/mol. The Morgan fingerprint density at radius 1 is 1.53 bits per heavy atom. The van der Waals surface area contributed by atoms with E-state index in [0.717, 1.165) is 18.4 Å². The molecule has 1 N–H and O–H groups in total. The van der Waals surface area contributed by atoms with Gasteiger partial charge in [-0.15, -0.1) is 0 Å². The van der Waals surface area contributed by atoms with Gasteiger partial charge in [-0.1, -0.05) is 40.5 Å². The average molecular weight is 319 g/mol. The number of amides is 1. The van der Waals surface area contributed by atoms with Gasteiger partial charge < -0.3 is 5.32 Å². The fraction of sp³-hybridized carbons (Fsp3) is 0.462. The second-order valence-corrected chi connectivity index (χ2v) is 5.74. The minimum Gasteiger partial charge on any atom is -0.352 e. The van der Waals surface area contributed by atoms with Gasteiger partial charge in [0.1, 0.15) is 0 Å². The van der Waals surface area contributed by atoms with E-state index in [4.69, 9.17) is 11.6 Å². The van der Waals surface area contributed by atoms with Crippen molar-refractivity contribution in [2.75, 3.05) is 6.54 Å². The molecule has 1 amide bonds. The smallest absolute Gasteiger partial charge is 0.251 e. The van der Waals surface area contributed by atoms with E-state index in [-0.39, 0.29) is 5.91 Å². The summed E-state index contributed by atoms with van der Waals surface area (Å²) in [6, 6.07) is 5.35. The molecule has 2 nitrogen and oxygen atoms in total. The first-order chi connectivity index (χ1) is 8.04. The monoisotopic (exact) mass is 317 g/mol. The maximum atomic E-state index is 11.9. The van der Waals surface area contributed by atoms with Gasteiger partial charge in [-0.2, -0.15) is 0 Å². The van der Waals surface area contributed by atoms with Crippen LogP contribution in [0, 0.1) is 6.92 Å². The molecule has 0 fully saturated rings. The van der Waals surface area contributed by atoms with Crippen molar-refractivity contribution in [3.8, 4) is 0 Å². The Balaban J connectivity index is 2.55. The third-order valence-corrected chi connectivity index (χ3v) is 3.97.